The zero-order valence-electron chi connectivity index (χ0n) is 8.18. The van der Waals surface area contributed by atoms with Crippen molar-refractivity contribution >= 4 is 23.7 Å². The first-order chi connectivity index (χ1) is 6.99. The quantitative estimate of drug-likeness (QED) is 0.346. The number of aryl methyl sites for hydroxylation is 1. The fraction of sp³-hybridized carbons (Fsp3) is 0.143. The predicted molar refractivity (Wildman–Crippen MR) is 57.7 cm³/mol. The molecule has 0 aliphatic carbocycles. The first-order valence-electron chi connectivity index (χ1n) is 4.02. The summed E-state index contributed by atoms with van der Waals surface area (Å²) in [5.74, 6) is 0.229. The van der Waals surface area contributed by atoms with E-state index in [2.05, 4.69) is 20.0 Å². The number of aliphatic imine (C=N–C) groups is 2. The van der Waals surface area contributed by atoms with Gasteiger partial charge in [-0.2, -0.15) is 15.0 Å². The summed E-state index contributed by atoms with van der Waals surface area (Å²) >= 11 is 0. The van der Waals surface area contributed by atoms with E-state index in [0.29, 0.717) is 5.82 Å². The van der Waals surface area contributed by atoms with E-state index in [0.717, 1.165) is 5.56 Å². The largest absolute Gasteiger partial charge is 0.370 e. The number of hydrogen-bond acceptors (Lipinski definition) is 4. The Bertz CT molecular complexity index is 413. The first-order valence-corrected chi connectivity index (χ1v) is 4.02. The lowest BCUT2D eigenvalue weighted by Crippen LogP contribution is -2.22. The van der Waals surface area contributed by atoms with Gasteiger partial charge in [-0.1, -0.05) is 0 Å². The minimum Gasteiger partial charge on any atom is -0.370 e. The highest BCUT2D eigenvalue weighted by Crippen LogP contribution is 2.16. The van der Waals surface area contributed by atoms with Crippen LogP contribution in [-0.4, -0.2) is 21.9 Å². The molecule has 0 atom stereocenters. The molecule has 8 N–H and O–H groups in total. The molecular weight excluding hydrogens is 196 g/mol. The molecule has 8 heteroatoms. The molecule has 0 radical (unpaired) electrons. The van der Waals surface area contributed by atoms with Crippen LogP contribution in [0.25, 0.3) is 0 Å². The van der Waals surface area contributed by atoms with E-state index in [9.17, 15) is 0 Å². The number of hydrogen-bond donors (Lipinski definition) is 4. The van der Waals surface area contributed by atoms with Crippen LogP contribution in [0.3, 0.4) is 0 Å². The van der Waals surface area contributed by atoms with E-state index >= 15 is 0 Å². The monoisotopic (exact) mass is 208 g/mol. The van der Waals surface area contributed by atoms with Gasteiger partial charge in [-0.15, -0.1) is 0 Å². The third-order valence-corrected chi connectivity index (χ3v) is 1.40. The van der Waals surface area contributed by atoms with Crippen LogP contribution in [0.5, 0.6) is 0 Å². The standard InChI is InChI=1S/C7H12N8/c1-3-2-12-7(15-6(10)11)14-4(3)13-5(8)9/h2H,1H3,(H8,8,9,10,11,12,13,14,15). The Kier molecular flexibility index (Phi) is 3.01. The van der Waals surface area contributed by atoms with Crippen molar-refractivity contribution in [2.24, 2.45) is 32.9 Å². The van der Waals surface area contributed by atoms with Crippen molar-refractivity contribution in [2.75, 3.05) is 0 Å². The maximum absolute atomic E-state index is 5.23. The molecule has 0 fully saturated rings. The van der Waals surface area contributed by atoms with Gasteiger partial charge in [0, 0.05) is 11.8 Å². The molecule has 0 unspecified atom stereocenters. The van der Waals surface area contributed by atoms with Crippen LogP contribution < -0.4 is 22.9 Å². The van der Waals surface area contributed by atoms with Crippen molar-refractivity contribution < 1.29 is 0 Å². The summed E-state index contributed by atoms with van der Waals surface area (Å²) in [4.78, 5) is 15.3. The van der Waals surface area contributed by atoms with Crippen molar-refractivity contribution in [3.05, 3.63) is 11.8 Å². The van der Waals surface area contributed by atoms with Crippen molar-refractivity contribution in [2.45, 2.75) is 6.92 Å². The zero-order valence-corrected chi connectivity index (χ0v) is 8.18. The molecule has 0 aliphatic rings. The van der Waals surface area contributed by atoms with E-state index in [4.69, 9.17) is 22.9 Å². The molecule has 0 amide bonds. The van der Waals surface area contributed by atoms with Crippen LogP contribution in [0.2, 0.25) is 0 Å². The fourth-order valence-electron chi connectivity index (χ4n) is 0.829. The Labute approximate surface area is 86.1 Å². The lowest BCUT2D eigenvalue weighted by molar-refractivity contribution is 1.09. The molecule has 1 heterocycles. The van der Waals surface area contributed by atoms with Gasteiger partial charge >= 0.3 is 0 Å². The third kappa shape index (κ3) is 3.10. The van der Waals surface area contributed by atoms with E-state index < -0.39 is 0 Å². The summed E-state index contributed by atoms with van der Waals surface area (Å²) < 4.78 is 0. The smallest absolute Gasteiger partial charge is 0.254 e. The van der Waals surface area contributed by atoms with Gasteiger partial charge in [-0.3, -0.25) is 0 Å². The molecule has 0 bridgehead atoms. The van der Waals surface area contributed by atoms with Crippen molar-refractivity contribution in [3.8, 4) is 0 Å². The van der Waals surface area contributed by atoms with Gasteiger partial charge in [0.15, 0.2) is 17.7 Å². The highest BCUT2D eigenvalue weighted by atomic mass is 15.1. The summed E-state index contributed by atoms with van der Waals surface area (Å²) in [6.07, 6.45) is 1.52. The zero-order chi connectivity index (χ0) is 11.4. The third-order valence-electron chi connectivity index (χ3n) is 1.40. The highest BCUT2D eigenvalue weighted by Gasteiger charge is 2.02. The molecule has 8 nitrogen and oxygen atoms in total. The van der Waals surface area contributed by atoms with E-state index in [1.807, 2.05) is 0 Å². The van der Waals surface area contributed by atoms with Gasteiger partial charge in [-0.25, -0.2) is 4.98 Å². The number of nitrogens with two attached hydrogens (primary N) is 4. The Balaban J connectivity index is 3.17. The second-order valence-electron chi connectivity index (χ2n) is 2.75. The topological polar surface area (TPSA) is 155 Å². The normalized spacial score (nSPS) is 9.40. The van der Waals surface area contributed by atoms with Crippen molar-refractivity contribution in [3.63, 3.8) is 0 Å². The molecular formula is C7H12N8. The van der Waals surface area contributed by atoms with Gasteiger partial charge in [-0.05, 0) is 6.92 Å². The highest BCUT2D eigenvalue weighted by molar-refractivity contribution is 5.79. The van der Waals surface area contributed by atoms with Crippen molar-refractivity contribution in [1.29, 1.82) is 0 Å². The molecule has 0 aromatic carbocycles. The summed E-state index contributed by atoms with van der Waals surface area (Å²) in [5, 5.41) is 0. The van der Waals surface area contributed by atoms with Gasteiger partial charge in [0.25, 0.3) is 5.95 Å². The molecule has 0 aliphatic heterocycles. The average molecular weight is 208 g/mol. The first kappa shape index (κ1) is 10.7. The van der Waals surface area contributed by atoms with Gasteiger partial charge in [0.1, 0.15) is 0 Å². The second kappa shape index (κ2) is 4.22. The number of rotatable bonds is 2. The molecule has 80 valence electrons. The number of guanidine groups is 2. The molecule has 0 saturated carbocycles. The average Bonchev–Trinajstić information content (AvgIpc) is 2.09. The van der Waals surface area contributed by atoms with Gasteiger partial charge in [0.05, 0.1) is 0 Å². The minimum absolute atomic E-state index is 0.0903. The van der Waals surface area contributed by atoms with E-state index in [1.165, 1.54) is 6.20 Å². The summed E-state index contributed by atoms with van der Waals surface area (Å²) in [6.45, 7) is 1.76. The molecule has 1 rings (SSSR count). The Morgan fingerprint density at radius 2 is 1.73 bits per heavy atom. The SMILES string of the molecule is Cc1cnc(N=C(N)N)nc1N=C(N)N. The Morgan fingerprint density at radius 3 is 2.27 bits per heavy atom. The van der Waals surface area contributed by atoms with Crippen LogP contribution in [0.1, 0.15) is 5.56 Å². The molecule has 1 aromatic heterocycles. The van der Waals surface area contributed by atoms with Gasteiger partial charge < -0.3 is 22.9 Å². The van der Waals surface area contributed by atoms with Crippen molar-refractivity contribution in [1.82, 2.24) is 9.97 Å². The lowest BCUT2D eigenvalue weighted by Gasteiger charge is -2.00. The van der Waals surface area contributed by atoms with E-state index in [-0.39, 0.29) is 17.9 Å². The Hall–Kier alpha value is -2.38. The van der Waals surface area contributed by atoms with E-state index in [1.54, 1.807) is 6.92 Å². The molecule has 15 heavy (non-hydrogen) atoms. The second-order valence-corrected chi connectivity index (χ2v) is 2.75. The van der Waals surface area contributed by atoms with Gasteiger partial charge in [0.2, 0.25) is 0 Å². The Morgan fingerprint density at radius 1 is 1.13 bits per heavy atom. The molecule has 0 spiro atoms. The minimum atomic E-state index is -0.130. The number of aromatic nitrogens is 2. The maximum Gasteiger partial charge on any atom is 0.254 e. The fourth-order valence-corrected chi connectivity index (χ4v) is 0.829. The molecule has 1 aromatic rings. The summed E-state index contributed by atoms with van der Waals surface area (Å²) in [6, 6.07) is 0. The summed E-state index contributed by atoms with van der Waals surface area (Å²) in [5.41, 5.74) is 21.5. The van der Waals surface area contributed by atoms with Crippen LogP contribution in [0.15, 0.2) is 16.2 Å². The maximum atomic E-state index is 5.23. The molecule has 0 saturated heterocycles. The van der Waals surface area contributed by atoms with Crippen LogP contribution in [-0.2, 0) is 0 Å². The summed E-state index contributed by atoms with van der Waals surface area (Å²) in [7, 11) is 0. The van der Waals surface area contributed by atoms with Crippen LogP contribution in [0, 0.1) is 6.92 Å². The van der Waals surface area contributed by atoms with Crippen LogP contribution >= 0.6 is 0 Å². The number of nitrogens with zero attached hydrogens (tertiary/aromatic N) is 4. The lowest BCUT2D eigenvalue weighted by atomic mass is 10.3. The van der Waals surface area contributed by atoms with Crippen LogP contribution in [0.4, 0.5) is 11.8 Å². The predicted octanol–water partition coefficient (Wildman–Crippen LogP) is -1.41.